The van der Waals surface area contributed by atoms with Crippen LogP contribution in [0.3, 0.4) is 0 Å². The summed E-state index contributed by atoms with van der Waals surface area (Å²) in [5.74, 6) is 0.833. The van der Waals surface area contributed by atoms with Gasteiger partial charge in [-0.2, -0.15) is 15.0 Å². The summed E-state index contributed by atoms with van der Waals surface area (Å²) in [7, 11) is 5.17. The number of aromatic nitrogens is 3. The number of rotatable bonds is 8. The standard InChI is InChI=1S/C13H24N6O2/c1-6-8-21-13-16-11(14-3)15-12(17-13)19(7-2)9-10(20)18(4)5/h6-9H2,1-5H3,(H,14,15,16,17). The molecule has 0 spiro atoms. The van der Waals surface area contributed by atoms with Gasteiger partial charge in [0.15, 0.2) is 0 Å². The van der Waals surface area contributed by atoms with Gasteiger partial charge in [-0.1, -0.05) is 6.92 Å². The maximum atomic E-state index is 11.9. The predicted octanol–water partition coefficient (Wildman–Crippen LogP) is 0.617. The first-order valence-corrected chi connectivity index (χ1v) is 7.03. The molecular formula is C13H24N6O2. The molecule has 0 radical (unpaired) electrons. The Kier molecular flexibility index (Phi) is 6.64. The zero-order valence-corrected chi connectivity index (χ0v) is 13.4. The second kappa shape index (κ2) is 8.23. The number of nitrogens with one attached hydrogen (secondary N) is 1. The maximum absolute atomic E-state index is 11.9. The van der Waals surface area contributed by atoms with Gasteiger partial charge in [-0.3, -0.25) is 4.79 Å². The highest BCUT2D eigenvalue weighted by Crippen LogP contribution is 2.15. The van der Waals surface area contributed by atoms with E-state index < -0.39 is 0 Å². The zero-order chi connectivity index (χ0) is 15.8. The van der Waals surface area contributed by atoms with Gasteiger partial charge in [-0.25, -0.2) is 0 Å². The van der Waals surface area contributed by atoms with Crippen molar-refractivity contribution in [3.63, 3.8) is 0 Å². The van der Waals surface area contributed by atoms with Crippen LogP contribution in [-0.4, -0.2) is 66.6 Å². The molecule has 0 aliphatic heterocycles. The fourth-order valence-electron chi connectivity index (χ4n) is 1.49. The number of nitrogens with zero attached hydrogens (tertiary/aromatic N) is 5. The molecule has 8 nitrogen and oxygen atoms in total. The van der Waals surface area contributed by atoms with Gasteiger partial charge in [0.1, 0.15) is 0 Å². The topological polar surface area (TPSA) is 83.5 Å². The van der Waals surface area contributed by atoms with Gasteiger partial charge in [-0.15, -0.1) is 0 Å². The lowest BCUT2D eigenvalue weighted by atomic mass is 10.4. The summed E-state index contributed by atoms with van der Waals surface area (Å²) < 4.78 is 5.46. The number of anilines is 2. The number of hydrogen-bond acceptors (Lipinski definition) is 7. The average Bonchev–Trinajstić information content (AvgIpc) is 2.49. The van der Waals surface area contributed by atoms with Crippen LogP contribution >= 0.6 is 0 Å². The molecule has 0 saturated carbocycles. The molecule has 0 bridgehead atoms. The smallest absolute Gasteiger partial charge is 0.323 e. The fraction of sp³-hybridized carbons (Fsp3) is 0.692. The normalized spacial score (nSPS) is 10.1. The van der Waals surface area contributed by atoms with Crippen LogP contribution in [0.4, 0.5) is 11.9 Å². The van der Waals surface area contributed by atoms with E-state index in [0.717, 1.165) is 6.42 Å². The number of likely N-dealkylation sites (N-methyl/N-ethyl adjacent to an activating group) is 2. The molecule has 1 rings (SSSR count). The Labute approximate surface area is 125 Å². The number of amides is 1. The molecule has 0 atom stereocenters. The van der Waals surface area contributed by atoms with Crippen LogP contribution in [0.5, 0.6) is 6.01 Å². The molecular weight excluding hydrogens is 272 g/mol. The Morgan fingerprint density at radius 2 is 1.95 bits per heavy atom. The molecule has 1 aromatic heterocycles. The van der Waals surface area contributed by atoms with E-state index in [1.165, 1.54) is 4.90 Å². The molecule has 8 heteroatoms. The minimum absolute atomic E-state index is 0.0145. The van der Waals surface area contributed by atoms with Crippen molar-refractivity contribution < 1.29 is 9.53 Å². The monoisotopic (exact) mass is 296 g/mol. The lowest BCUT2D eigenvalue weighted by Crippen LogP contribution is -2.37. The number of hydrogen-bond donors (Lipinski definition) is 1. The third-order valence-electron chi connectivity index (χ3n) is 2.75. The van der Waals surface area contributed by atoms with E-state index >= 15 is 0 Å². The van der Waals surface area contributed by atoms with Gasteiger partial charge in [0.2, 0.25) is 17.8 Å². The van der Waals surface area contributed by atoms with E-state index in [1.54, 1.807) is 26.0 Å². The SMILES string of the molecule is CCCOc1nc(NC)nc(N(CC)CC(=O)N(C)C)n1. The Morgan fingerprint density at radius 3 is 2.48 bits per heavy atom. The minimum Gasteiger partial charge on any atom is -0.463 e. The van der Waals surface area contributed by atoms with Gasteiger partial charge in [0, 0.05) is 27.7 Å². The van der Waals surface area contributed by atoms with Gasteiger partial charge >= 0.3 is 6.01 Å². The molecule has 1 amide bonds. The average molecular weight is 296 g/mol. The Hall–Kier alpha value is -2.12. The number of carbonyl (C=O) groups is 1. The highest BCUT2D eigenvalue weighted by molar-refractivity contribution is 5.80. The summed E-state index contributed by atoms with van der Waals surface area (Å²) in [6.45, 7) is 5.31. The molecule has 118 valence electrons. The lowest BCUT2D eigenvalue weighted by Gasteiger charge is -2.22. The first-order chi connectivity index (χ1) is 10.0. The molecule has 1 aromatic rings. The minimum atomic E-state index is -0.0145. The van der Waals surface area contributed by atoms with Gasteiger partial charge < -0.3 is 19.9 Å². The molecule has 0 aliphatic rings. The molecule has 0 aliphatic carbocycles. The van der Waals surface area contributed by atoms with E-state index in [9.17, 15) is 4.79 Å². The first-order valence-electron chi connectivity index (χ1n) is 7.03. The lowest BCUT2D eigenvalue weighted by molar-refractivity contribution is -0.127. The third kappa shape index (κ3) is 5.05. The Morgan fingerprint density at radius 1 is 1.24 bits per heavy atom. The van der Waals surface area contributed by atoms with Crippen molar-refractivity contribution in [1.29, 1.82) is 0 Å². The van der Waals surface area contributed by atoms with E-state index in [0.29, 0.717) is 25.0 Å². The second-order valence-corrected chi connectivity index (χ2v) is 4.64. The third-order valence-corrected chi connectivity index (χ3v) is 2.75. The zero-order valence-electron chi connectivity index (χ0n) is 13.4. The predicted molar refractivity (Wildman–Crippen MR) is 81.7 cm³/mol. The molecule has 0 unspecified atom stereocenters. The van der Waals surface area contributed by atoms with Crippen LogP contribution in [0, 0.1) is 0 Å². The highest BCUT2D eigenvalue weighted by Gasteiger charge is 2.16. The Balaban J connectivity index is 2.98. The molecule has 21 heavy (non-hydrogen) atoms. The molecule has 0 aromatic carbocycles. The van der Waals surface area contributed by atoms with Crippen molar-refractivity contribution in [3.05, 3.63) is 0 Å². The summed E-state index contributed by atoms with van der Waals surface area (Å²) in [6, 6.07) is 0.266. The fourth-order valence-corrected chi connectivity index (χ4v) is 1.49. The van der Waals surface area contributed by atoms with Gasteiger partial charge in [0.05, 0.1) is 13.2 Å². The van der Waals surface area contributed by atoms with Crippen LogP contribution in [0.25, 0.3) is 0 Å². The van der Waals surface area contributed by atoms with Crippen LogP contribution in [0.2, 0.25) is 0 Å². The van der Waals surface area contributed by atoms with Crippen molar-refractivity contribution >= 4 is 17.8 Å². The Bertz CT molecular complexity index is 466. The van der Waals surface area contributed by atoms with E-state index in [2.05, 4.69) is 20.3 Å². The summed E-state index contributed by atoms with van der Waals surface area (Å²) in [6.07, 6.45) is 0.868. The van der Waals surface area contributed by atoms with Gasteiger partial charge in [-0.05, 0) is 13.3 Å². The first kappa shape index (κ1) is 16.9. The summed E-state index contributed by atoms with van der Waals surface area (Å²) in [5, 5.41) is 2.87. The quantitative estimate of drug-likeness (QED) is 0.752. The number of ether oxygens (including phenoxy) is 1. The number of carbonyl (C=O) groups excluding carboxylic acids is 1. The molecule has 0 fully saturated rings. The summed E-state index contributed by atoms with van der Waals surface area (Å²) in [5.41, 5.74) is 0. The van der Waals surface area contributed by atoms with Crippen molar-refractivity contribution in [2.45, 2.75) is 20.3 Å². The second-order valence-electron chi connectivity index (χ2n) is 4.64. The van der Waals surface area contributed by atoms with Crippen LogP contribution in [0.15, 0.2) is 0 Å². The summed E-state index contributed by atoms with van der Waals surface area (Å²) >= 11 is 0. The molecule has 1 heterocycles. The van der Waals surface area contributed by atoms with Crippen molar-refractivity contribution in [3.8, 4) is 6.01 Å². The van der Waals surface area contributed by atoms with Crippen LogP contribution in [-0.2, 0) is 4.79 Å². The highest BCUT2D eigenvalue weighted by atomic mass is 16.5. The molecule has 0 saturated heterocycles. The van der Waals surface area contributed by atoms with E-state index in [4.69, 9.17) is 4.74 Å². The van der Waals surface area contributed by atoms with Crippen LogP contribution in [0.1, 0.15) is 20.3 Å². The van der Waals surface area contributed by atoms with Crippen molar-refractivity contribution in [2.75, 3.05) is 51.1 Å². The van der Waals surface area contributed by atoms with Crippen molar-refractivity contribution in [2.24, 2.45) is 0 Å². The maximum Gasteiger partial charge on any atom is 0.323 e. The van der Waals surface area contributed by atoms with E-state index in [1.807, 2.05) is 13.8 Å². The summed E-state index contributed by atoms with van der Waals surface area (Å²) in [4.78, 5) is 27.9. The van der Waals surface area contributed by atoms with E-state index in [-0.39, 0.29) is 18.5 Å². The molecule has 1 N–H and O–H groups in total. The largest absolute Gasteiger partial charge is 0.463 e. The van der Waals surface area contributed by atoms with Crippen molar-refractivity contribution in [1.82, 2.24) is 19.9 Å². The van der Waals surface area contributed by atoms with Gasteiger partial charge in [0.25, 0.3) is 0 Å². The van der Waals surface area contributed by atoms with Crippen LogP contribution < -0.4 is 15.0 Å².